The summed E-state index contributed by atoms with van der Waals surface area (Å²) in [4.78, 5) is 27.1. The fourth-order valence-electron chi connectivity index (χ4n) is 5.34. The zero-order valence-corrected chi connectivity index (χ0v) is 17.9. The lowest BCUT2D eigenvalue weighted by atomic mass is 9.95. The Balaban J connectivity index is 1.22. The van der Waals surface area contributed by atoms with Gasteiger partial charge >= 0.3 is 0 Å². The minimum Gasteiger partial charge on any atom is -0.349 e. The van der Waals surface area contributed by atoms with Crippen molar-refractivity contribution in [1.82, 2.24) is 10.2 Å². The third-order valence-corrected chi connectivity index (χ3v) is 8.22. The van der Waals surface area contributed by atoms with E-state index in [0.29, 0.717) is 29.8 Å². The first-order valence-corrected chi connectivity index (χ1v) is 12.1. The summed E-state index contributed by atoms with van der Waals surface area (Å²) in [5.74, 6) is 2.25. The molecule has 0 radical (unpaired) electrons. The van der Waals surface area contributed by atoms with Gasteiger partial charge in [0.1, 0.15) is 5.37 Å². The molecule has 2 aromatic carbocycles. The van der Waals surface area contributed by atoms with Gasteiger partial charge in [0.25, 0.3) is 5.91 Å². The van der Waals surface area contributed by atoms with E-state index in [4.69, 9.17) is 0 Å². The van der Waals surface area contributed by atoms with E-state index < -0.39 is 0 Å². The van der Waals surface area contributed by atoms with Crippen LogP contribution in [0.1, 0.15) is 52.5 Å². The van der Waals surface area contributed by atoms with Crippen LogP contribution in [-0.2, 0) is 11.2 Å². The predicted octanol–water partition coefficient (Wildman–Crippen LogP) is 4.42. The molecule has 2 aromatic rings. The number of rotatable bonds is 6. The molecule has 2 saturated carbocycles. The molecule has 0 aromatic heterocycles. The molecule has 0 unspecified atom stereocenters. The summed E-state index contributed by atoms with van der Waals surface area (Å²) >= 11 is 1.67. The topological polar surface area (TPSA) is 49.4 Å². The second kappa shape index (κ2) is 8.46. The Morgan fingerprint density at radius 3 is 2.53 bits per heavy atom. The van der Waals surface area contributed by atoms with Gasteiger partial charge in [-0.3, -0.25) is 9.59 Å². The molecule has 1 N–H and O–H groups in total. The number of nitrogens with zero attached hydrogens (tertiary/aromatic N) is 1. The zero-order chi connectivity index (χ0) is 20.5. The van der Waals surface area contributed by atoms with Crippen LogP contribution in [0.5, 0.6) is 0 Å². The van der Waals surface area contributed by atoms with Crippen LogP contribution in [0.25, 0.3) is 0 Å². The molecule has 3 aliphatic rings. The maximum Gasteiger partial charge on any atom is 0.251 e. The first kappa shape index (κ1) is 19.7. The molecular formula is C25H28N2O2S. The van der Waals surface area contributed by atoms with Crippen LogP contribution in [0.2, 0.25) is 0 Å². The van der Waals surface area contributed by atoms with E-state index in [0.717, 1.165) is 24.3 Å². The molecule has 1 saturated heterocycles. The number of hydrogen-bond acceptors (Lipinski definition) is 3. The lowest BCUT2D eigenvalue weighted by molar-refractivity contribution is -0.128. The van der Waals surface area contributed by atoms with Crippen LogP contribution < -0.4 is 5.32 Å². The van der Waals surface area contributed by atoms with Crippen molar-refractivity contribution in [2.45, 2.75) is 43.5 Å². The van der Waals surface area contributed by atoms with Gasteiger partial charge in [-0.25, -0.2) is 0 Å². The van der Waals surface area contributed by atoms with Gasteiger partial charge in [0, 0.05) is 18.2 Å². The van der Waals surface area contributed by atoms with Gasteiger partial charge in [-0.2, -0.15) is 0 Å². The number of hydrogen-bond donors (Lipinski definition) is 1. The number of benzene rings is 2. The van der Waals surface area contributed by atoms with Gasteiger partial charge in [0.2, 0.25) is 5.91 Å². The molecule has 5 heteroatoms. The van der Waals surface area contributed by atoms with Crippen LogP contribution in [0.4, 0.5) is 0 Å². The molecule has 2 bridgehead atoms. The minimum atomic E-state index is 0.0314. The molecule has 4 nitrogen and oxygen atoms in total. The Kier molecular flexibility index (Phi) is 5.55. The monoisotopic (exact) mass is 420 g/mol. The Morgan fingerprint density at radius 1 is 1.03 bits per heavy atom. The third kappa shape index (κ3) is 4.00. The van der Waals surface area contributed by atoms with E-state index in [1.807, 2.05) is 47.4 Å². The van der Waals surface area contributed by atoms with E-state index >= 15 is 0 Å². The van der Waals surface area contributed by atoms with E-state index in [1.165, 1.54) is 24.8 Å². The minimum absolute atomic E-state index is 0.0314. The van der Waals surface area contributed by atoms with Crippen LogP contribution in [-0.4, -0.2) is 35.1 Å². The number of nitrogens with one attached hydrogen (secondary N) is 1. The van der Waals surface area contributed by atoms with Crippen LogP contribution >= 0.6 is 11.8 Å². The van der Waals surface area contributed by atoms with Gasteiger partial charge in [0.15, 0.2) is 0 Å². The van der Waals surface area contributed by atoms with Gasteiger partial charge < -0.3 is 10.2 Å². The maximum absolute atomic E-state index is 12.7. The molecule has 2 aliphatic carbocycles. The van der Waals surface area contributed by atoms with Crippen molar-refractivity contribution in [1.29, 1.82) is 0 Å². The molecule has 0 spiro atoms. The number of carbonyl (C=O) groups is 2. The van der Waals surface area contributed by atoms with Crippen molar-refractivity contribution in [3.8, 4) is 0 Å². The summed E-state index contributed by atoms with van der Waals surface area (Å²) < 4.78 is 0. The fraction of sp³-hybridized carbons (Fsp3) is 0.440. The lowest BCUT2D eigenvalue weighted by Crippen LogP contribution is -2.38. The zero-order valence-electron chi connectivity index (χ0n) is 17.1. The van der Waals surface area contributed by atoms with Crippen molar-refractivity contribution in [3.63, 3.8) is 0 Å². The normalized spacial score (nSPS) is 27.6. The van der Waals surface area contributed by atoms with E-state index in [1.54, 1.807) is 11.8 Å². The summed E-state index contributed by atoms with van der Waals surface area (Å²) in [5, 5.41) is 3.29. The van der Waals surface area contributed by atoms with Crippen LogP contribution in [0.15, 0.2) is 54.6 Å². The summed E-state index contributed by atoms with van der Waals surface area (Å²) in [7, 11) is 0. The molecule has 3 fully saturated rings. The number of fused-ring (bicyclic) bond motifs is 2. The second-order valence-electron chi connectivity index (χ2n) is 8.86. The molecule has 4 atom stereocenters. The molecule has 30 heavy (non-hydrogen) atoms. The van der Waals surface area contributed by atoms with Crippen LogP contribution in [0, 0.1) is 11.8 Å². The Labute approximate surface area is 182 Å². The van der Waals surface area contributed by atoms with Crippen molar-refractivity contribution in [2.24, 2.45) is 11.8 Å². The molecule has 156 valence electrons. The molecule has 2 amide bonds. The Bertz CT molecular complexity index is 915. The van der Waals surface area contributed by atoms with Gasteiger partial charge in [-0.05, 0) is 60.8 Å². The molecule has 1 aliphatic heterocycles. The maximum atomic E-state index is 12.7. The number of amides is 2. The second-order valence-corrected chi connectivity index (χ2v) is 9.93. The van der Waals surface area contributed by atoms with Crippen molar-refractivity contribution in [2.75, 3.05) is 12.3 Å². The van der Waals surface area contributed by atoms with Crippen molar-refractivity contribution < 1.29 is 9.59 Å². The largest absolute Gasteiger partial charge is 0.349 e. The highest BCUT2D eigenvalue weighted by Crippen LogP contribution is 2.44. The highest BCUT2D eigenvalue weighted by molar-refractivity contribution is 8.00. The Hall–Kier alpha value is -2.27. The molecule has 1 heterocycles. The van der Waals surface area contributed by atoms with Gasteiger partial charge in [-0.15, -0.1) is 11.8 Å². The highest BCUT2D eigenvalue weighted by atomic mass is 32.2. The predicted molar refractivity (Wildman–Crippen MR) is 120 cm³/mol. The SMILES string of the molecule is O=C(N[C@H]1C[C@@H]2CC[C@H]1C2)c1ccc([C@@H]2SCC(=O)N2CCc2ccccc2)cc1. The summed E-state index contributed by atoms with van der Waals surface area (Å²) in [5.41, 5.74) is 3.05. The van der Waals surface area contributed by atoms with E-state index in [9.17, 15) is 9.59 Å². The Morgan fingerprint density at radius 2 is 1.83 bits per heavy atom. The average Bonchev–Trinajstić information content (AvgIpc) is 3.49. The molecule has 5 rings (SSSR count). The first-order valence-electron chi connectivity index (χ1n) is 11.0. The van der Waals surface area contributed by atoms with Gasteiger partial charge in [0.05, 0.1) is 5.75 Å². The number of thioether (sulfide) groups is 1. The number of carbonyl (C=O) groups excluding carboxylic acids is 2. The lowest BCUT2D eigenvalue weighted by Gasteiger charge is -2.25. The summed E-state index contributed by atoms with van der Waals surface area (Å²) in [6.07, 6.45) is 5.89. The van der Waals surface area contributed by atoms with Crippen molar-refractivity contribution in [3.05, 3.63) is 71.3 Å². The van der Waals surface area contributed by atoms with Crippen LogP contribution in [0.3, 0.4) is 0 Å². The fourth-order valence-corrected chi connectivity index (χ4v) is 6.56. The summed E-state index contributed by atoms with van der Waals surface area (Å²) in [6.45, 7) is 0.715. The first-order chi connectivity index (χ1) is 14.7. The van der Waals surface area contributed by atoms with Gasteiger partial charge in [-0.1, -0.05) is 48.9 Å². The summed E-state index contributed by atoms with van der Waals surface area (Å²) in [6, 6.07) is 18.5. The molecular weight excluding hydrogens is 392 g/mol. The smallest absolute Gasteiger partial charge is 0.251 e. The third-order valence-electron chi connectivity index (χ3n) is 6.96. The van der Waals surface area contributed by atoms with E-state index in [-0.39, 0.29) is 17.2 Å². The standard InChI is InChI=1S/C25H28N2O2S/c28-23-16-30-25(27(23)13-12-17-4-2-1-3-5-17)20-10-8-19(9-11-20)24(29)26-22-15-18-6-7-21(22)14-18/h1-5,8-11,18,21-22,25H,6-7,12-16H2,(H,26,29)/t18-,21+,22+,25+/m1/s1. The quantitative estimate of drug-likeness (QED) is 0.753. The van der Waals surface area contributed by atoms with E-state index in [2.05, 4.69) is 17.4 Å². The average molecular weight is 421 g/mol. The highest BCUT2D eigenvalue weighted by Gasteiger charge is 2.40. The van der Waals surface area contributed by atoms with Crippen molar-refractivity contribution >= 4 is 23.6 Å².